The molecule has 0 unspecified atom stereocenters. The Bertz CT molecular complexity index is 930. The Labute approximate surface area is 195 Å². The van der Waals surface area contributed by atoms with Crippen LogP contribution in [0.3, 0.4) is 0 Å². The van der Waals surface area contributed by atoms with Gasteiger partial charge in [-0.1, -0.05) is 72.8 Å². The number of hydrogen-bond donors (Lipinski definition) is 0. The summed E-state index contributed by atoms with van der Waals surface area (Å²) in [7, 11) is 0. The number of esters is 1. The number of nitrogens with zero attached hydrogens (tertiary/aromatic N) is 1. The lowest BCUT2D eigenvalue weighted by atomic mass is 9.90. The lowest BCUT2D eigenvalue weighted by Gasteiger charge is -2.47. The molecule has 33 heavy (non-hydrogen) atoms. The van der Waals surface area contributed by atoms with Gasteiger partial charge in [0.05, 0.1) is 19.3 Å². The van der Waals surface area contributed by atoms with Gasteiger partial charge in [0.15, 0.2) is 0 Å². The van der Waals surface area contributed by atoms with E-state index in [-0.39, 0.29) is 18.6 Å². The van der Waals surface area contributed by atoms with Crippen LogP contribution in [0.25, 0.3) is 0 Å². The third-order valence-electron chi connectivity index (χ3n) is 5.53. The van der Waals surface area contributed by atoms with Crippen molar-refractivity contribution in [3.63, 3.8) is 0 Å². The van der Waals surface area contributed by atoms with Gasteiger partial charge >= 0.3 is 5.97 Å². The molecule has 0 aliphatic carbocycles. The van der Waals surface area contributed by atoms with Crippen LogP contribution in [0, 0.1) is 0 Å². The molecule has 0 aromatic heterocycles. The Balaban J connectivity index is 1.94. The number of hydrogen-bond acceptors (Lipinski definition) is 5. The van der Waals surface area contributed by atoms with Gasteiger partial charge in [0.1, 0.15) is 12.2 Å². The van der Waals surface area contributed by atoms with E-state index < -0.39 is 24.3 Å². The van der Waals surface area contributed by atoms with Crippen LogP contribution in [-0.4, -0.2) is 47.7 Å². The summed E-state index contributed by atoms with van der Waals surface area (Å²) in [5.74, 6) is -0.876. The number of carbonyl (C=O) groups is 2. The highest BCUT2D eigenvalue weighted by Crippen LogP contribution is 2.30. The summed E-state index contributed by atoms with van der Waals surface area (Å²) in [5, 5.41) is 0. The Hall–Kier alpha value is -3.22. The molecule has 0 spiro atoms. The molecule has 0 saturated carbocycles. The Morgan fingerprint density at radius 3 is 1.94 bits per heavy atom. The lowest BCUT2D eigenvalue weighted by Crippen LogP contribution is -2.66. The van der Waals surface area contributed by atoms with E-state index >= 15 is 0 Å². The molecule has 0 N–H and O–H groups in total. The third kappa shape index (κ3) is 6.40. The third-order valence-corrected chi connectivity index (χ3v) is 5.53. The summed E-state index contributed by atoms with van der Waals surface area (Å²) < 4.78 is 18.1. The second-order valence-corrected chi connectivity index (χ2v) is 7.92. The maximum Gasteiger partial charge on any atom is 0.303 e. The number of likely N-dealkylation sites (tertiary alicyclic amines) is 1. The highest BCUT2D eigenvalue weighted by molar-refractivity contribution is 5.85. The van der Waals surface area contributed by atoms with Crippen molar-refractivity contribution in [1.82, 2.24) is 4.90 Å². The van der Waals surface area contributed by atoms with E-state index in [4.69, 9.17) is 14.2 Å². The zero-order chi connectivity index (χ0) is 23.6. The van der Waals surface area contributed by atoms with E-state index in [1.165, 1.54) is 6.92 Å². The smallest absolute Gasteiger partial charge is 0.303 e. The number of benzene rings is 2. The van der Waals surface area contributed by atoms with Gasteiger partial charge < -0.3 is 19.1 Å². The molecule has 4 atom stereocenters. The fourth-order valence-electron chi connectivity index (χ4n) is 4.05. The minimum absolute atomic E-state index is 0.254. The van der Waals surface area contributed by atoms with Gasteiger partial charge in [0, 0.05) is 13.5 Å². The van der Waals surface area contributed by atoms with E-state index in [1.54, 1.807) is 17.1 Å². The molecule has 1 saturated heterocycles. The number of rotatable bonds is 11. The van der Waals surface area contributed by atoms with E-state index in [0.717, 1.165) is 11.1 Å². The van der Waals surface area contributed by atoms with Gasteiger partial charge in [-0.2, -0.15) is 0 Å². The van der Waals surface area contributed by atoms with Gasteiger partial charge in [-0.25, -0.2) is 0 Å². The quantitative estimate of drug-likeness (QED) is 0.382. The van der Waals surface area contributed by atoms with Crippen molar-refractivity contribution >= 4 is 11.9 Å². The van der Waals surface area contributed by atoms with Gasteiger partial charge in [-0.15, -0.1) is 13.2 Å². The number of ether oxygens (including phenoxy) is 3. The fraction of sp³-hybridized carbons (Fsp3) is 0.333. The van der Waals surface area contributed by atoms with Crippen LogP contribution in [0.2, 0.25) is 0 Å². The van der Waals surface area contributed by atoms with Crippen LogP contribution in [0.5, 0.6) is 0 Å². The molecular weight excluding hydrogens is 418 g/mol. The molecule has 1 heterocycles. The predicted octanol–water partition coefficient (Wildman–Crippen LogP) is 4.06. The number of carbonyl (C=O) groups excluding carboxylic acids is 2. The van der Waals surface area contributed by atoms with Gasteiger partial charge in [-0.05, 0) is 17.5 Å². The molecule has 3 rings (SSSR count). The molecule has 2 aromatic rings. The molecular formula is C27H31NO5. The summed E-state index contributed by atoms with van der Waals surface area (Å²) in [4.78, 5) is 27.0. The van der Waals surface area contributed by atoms with E-state index in [2.05, 4.69) is 13.2 Å². The van der Waals surface area contributed by atoms with Crippen molar-refractivity contribution in [2.24, 2.45) is 0 Å². The normalized spacial score (nSPS) is 22.6. The van der Waals surface area contributed by atoms with E-state index in [1.807, 2.05) is 60.7 Å². The molecule has 1 aliphatic rings. The number of piperidine rings is 1. The first-order valence-electron chi connectivity index (χ1n) is 11.1. The highest BCUT2D eigenvalue weighted by atomic mass is 16.6. The lowest BCUT2D eigenvalue weighted by molar-refractivity contribution is -0.207. The molecule has 2 aromatic carbocycles. The molecule has 174 valence electrons. The molecule has 6 nitrogen and oxygen atoms in total. The molecule has 0 radical (unpaired) electrons. The summed E-state index contributed by atoms with van der Waals surface area (Å²) in [6.07, 6.45) is 1.46. The first kappa shape index (κ1) is 24.4. The van der Waals surface area contributed by atoms with E-state index in [9.17, 15) is 9.59 Å². The Kier molecular flexibility index (Phi) is 8.98. The van der Waals surface area contributed by atoms with Crippen molar-refractivity contribution in [3.8, 4) is 0 Å². The maximum atomic E-state index is 13.4. The highest BCUT2D eigenvalue weighted by Gasteiger charge is 2.51. The fourth-order valence-corrected chi connectivity index (χ4v) is 4.05. The summed E-state index contributed by atoms with van der Waals surface area (Å²) >= 11 is 0. The van der Waals surface area contributed by atoms with Gasteiger partial charge in [0.2, 0.25) is 6.10 Å². The van der Waals surface area contributed by atoms with Crippen LogP contribution >= 0.6 is 0 Å². The first-order valence-corrected chi connectivity index (χ1v) is 11.1. The van der Waals surface area contributed by atoms with Crippen molar-refractivity contribution in [2.45, 2.75) is 50.9 Å². The molecule has 6 heteroatoms. The molecule has 1 aliphatic heterocycles. The molecule has 1 amide bonds. The standard InChI is InChI=1S/C27H31NO5/c1-4-12-23-24(31-18-21-13-8-6-9-14-21)25(32-19-22-15-10-7-11-16-22)26(33-20(3)29)27(30)28(23)17-5-2/h4-11,13-16,23-26H,1-2,12,17-19H2,3H3/t23-,24+,25-,26+/m0/s1. The largest absolute Gasteiger partial charge is 0.449 e. The maximum absolute atomic E-state index is 13.4. The zero-order valence-electron chi connectivity index (χ0n) is 19.0. The van der Waals surface area contributed by atoms with Crippen LogP contribution in [0.1, 0.15) is 24.5 Å². The molecule has 1 fully saturated rings. The van der Waals surface area contributed by atoms with Crippen molar-refractivity contribution < 1.29 is 23.8 Å². The summed E-state index contributed by atoms with van der Waals surface area (Å²) in [6.45, 7) is 9.82. The predicted molar refractivity (Wildman–Crippen MR) is 126 cm³/mol. The van der Waals surface area contributed by atoms with Crippen LogP contribution in [-0.2, 0) is 37.0 Å². The average Bonchev–Trinajstić information content (AvgIpc) is 2.82. The second-order valence-electron chi connectivity index (χ2n) is 7.92. The van der Waals surface area contributed by atoms with Crippen molar-refractivity contribution in [2.75, 3.05) is 6.54 Å². The summed E-state index contributed by atoms with van der Waals surface area (Å²) in [5.41, 5.74) is 1.94. The minimum atomic E-state index is -1.12. The number of amides is 1. The van der Waals surface area contributed by atoms with Crippen LogP contribution < -0.4 is 0 Å². The molecule has 0 bridgehead atoms. The Morgan fingerprint density at radius 2 is 1.45 bits per heavy atom. The first-order chi connectivity index (χ1) is 16.0. The second kappa shape index (κ2) is 12.1. The van der Waals surface area contributed by atoms with E-state index in [0.29, 0.717) is 19.6 Å². The van der Waals surface area contributed by atoms with Crippen LogP contribution in [0.4, 0.5) is 0 Å². The monoisotopic (exact) mass is 449 g/mol. The van der Waals surface area contributed by atoms with Crippen molar-refractivity contribution in [3.05, 3.63) is 97.1 Å². The topological polar surface area (TPSA) is 65.1 Å². The minimum Gasteiger partial charge on any atom is -0.449 e. The van der Waals surface area contributed by atoms with Crippen LogP contribution in [0.15, 0.2) is 86.0 Å². The van der Waals surface area contributed by atoms with Crippen molar-refractivity contribution in [1.29, 1.82) is 0 Å². The zero-order valence-corrected chi connectivity index (χ0v) is 19.0. The van der Waals surface area contributed by atoms with Gasteiger partial charge in [0.25, 0.3) is 5.91 Å². The average molecular weight is 450 g/mol. The SMILES string of the molecule is C=CC[C@H]1[C@@H](OCc2ccccc2)[C@H](OCc2ccccc2)[C@@H](OC(C)=O)C(=O)N1CC=C. The Morgan fingerprint density at radius 1 is 0.909 bits per heavy atom. The summed E-state index contributed by atoms with van der Waals surface area (Å²) in [6, 6.07) is 19.1. The van der Waals surface area contributed by atoms with Gasteiger partial charge in [-0.3, -0.25) is 9.59 Å².